The van der Waals surface area contributed by atoms with Crippen LogP contribution >= 0.6 is 0 Å². The van der Waals surface area contributed by atoms with Crippen molar-refractivity contribution in [2.75, 3.05) is 21.1 Å². The van der Waals surface area contributed by atoms with Crippen LogP contribution in [0, 0.1) is 0 Å². The van der Waals surface area contributed by atoms with Gasteiger partial charge in [0.15, 0.2) is 0 Å². The van der Waals surface area contributed by atoms with Crippen LogP contribution in [0.25, 0.3) is 0 Å². The lowest BCUT2D eigenvalue weighted by molar-refractivity contribution is -0.160. The number of carbonyl (C=O) groups is 3. The Morgan fingerprint density at radius 3 is 2.04 bits per heavy atom. The first-order valence-corrected chi connectivity index (χ1v) is 8.03. The third-order valence-electron chi connectivity index (χ3n) is 2.67. The van der Waals surface area contributed by atoms with E-state index in [1.165, 1.54) is 0 Å². The molecule has 23 heavy (non-hydrogen) atoms. The van der Waals surface area contributed by atoms with E-state index < -0.39 is 23.9 Å². The lowest BCUT2D eigenvalue weighted by atomic mass is 10.1. The molecule has 0 saturated carbocycles. The van der Waals surface area contributed by atoms with E-state index >= 15 is 0 Å². The van der Waals surface area contributed by atoms with Gasteiger partial charge in [-0.1, -0.05) is 32.6 Å². The van der Waals surface area contributed by atoms with Crippen LogP contribution in [-0.4, -0.2) is 55.1 Å². The molecule has 0 radical (unpaired) electrons. The number of carbonyl (C=O) groups excluding carboxylic acids is 2. The predicted molar refractivity (Wildman–Crippen MR) is 88.9 cm³/mol. The Kier molecular flexibility index (Phi) is 16.0. The number of unbranched alkanes of at least 4 members (excludes halogenated alkanes) is 4. The Bertz CT molecular complexity index is 343. The predicted octanol–water partition coefficient (Wildman–Crippen LogP) is 1.79. The van der Waals surface area contributed by atoms with E-state index in [-0.39, 0.29) is 19.3 Å². The minimum Gasteiger partial charge on any atom is -0.481 e. The normalized spacial score (nSPS) is 11.4. The highest BCUT2D eigenvalue weighted by molar-refractivity contribution is 5.88. The van der Waals surface area contributed by atoms with E-state index in [0.717, 1.165) is 25.7 Å². The van der Waals surface area contributed by atoms with Gasteiger partial charge in [-0.3, -0.25) is 9.59 Å². The number of esters is 2. The summed E-state index contributed by atoms with van der Waals surface area (Å²) in [6, 6.07) is -1.06. The minimum absolute atomic E-state index is 0.0298. The Labute approximate surface area is 139 Å². The lowest BCUT2D eigenvalue weighted by Crippen LogP contribution is -2.34. The fraction of sp³-hybridized carbons (Fsp3) is 0.812. The molecule has 0 aromatic rings. The van der Waals surface area contributed by atoms with Gasteiger partial charge in [-0.15, -0.1) is 0 Å². The zero-order valence-electron chi connectivity index (χ0n) is 14.8. The number of hydrogen-bond acceptors (Lipinski definition) is 6. The molecule has 1 unspecified atom stereocenters. The van der Waals surface area contributed by atoms with Crippen molar-refractivity contribution < 1.29 is 24.2 Å². The molecule has 0 spiro atoms. The van der Waals surface area contributed by atoms with Gasteiger partial charge in [-0.2, -0.15) is 0 Å². The van der Waals surface area contributed by atoms with E-state index in [1.54, 1.807) is 0 Å². The maximum absolute atomic E-state index is 11.3. The molecular weight excluding hydrogens is 300 g/mol. The van der Waals surface area contributed by atoms with Gasteiger partial charge in [0, 0.05) is 12.8 Å². The van der Waals surface area contributed by atoms with Crippen LogP contribution in [0.5, 0.6) is 0 Å². The van der Waals surface area contributed by atoms with Crippen molar-refractivity contribution in [2.24, 2.45) is 5.73 Å². The molecule has 0 fully saturated rings. The quantitative estimate of drug-likeness (QED) is 0.356. The Morgan fingerprint density at radius 2 is 1.57 bits per heavy atom. The first kappa shape index (κ1) is 23.8. The number of aliphatic carboxylic acids is 1. The molecule has 136 valence electrons. The van der Waals surface area contributed by atoms with E-state index in [0.29, 0.717) is 6.42 Å². The van der Waals surface area contributed by atoms with Crippen LogP contribution in [0.3, 0.4) is 0 Å². The number of hydrogen-bond donors (Lipinski definition) is 2. The van der Waals surface area contributed by atoms with Gasteiger partial charge in [0.2, 0.25) is 0 Å². The van der Waals surface area contributed by atoms with Gasteiger partial charge < -0.3 is 20.5 Å². The van der Waals surface area contributed by atoms with Gasteiger partial charge in [-0.05, 0) is 34.0 Å². The summed E-state index contributed by atoms with van der Waals surface area (Å²) in [6.07, 6.45) is 4.89. The van der Waals surface area contributed by atoms with Gasteiger partial charge in [0.1, 0.15) is 6.04 Å². The Balaban J connectivity index is 0. The second-order valence-corrected chi connectivity index (χ2v) is 5.84. The molecular formula is C16H32N2O5. The zero-order valence-corrected chi connectivity index (χ0v) is 14.8. The molecule has 0 aliphatic carbocycles. The SMILES string of the molecule is CCCCCCCC(=O)OC(=O)C(N)CCC(=O)O.CN(C)C. The molecule has 0 aromatic carbocycles. The van der Waals surface area contributed by atoms with Crippen molar-refractivity contribution in [1.29, 1.82) is 0 Å². The zero-order chi connectivity index (χ0) is 18.3. The minimum atomic E-state index is -1.06. The number of ether oxygens (including phenoxy) is 1. The highest BCUT2D eigenvalue weighted by Gasteiger charge is 2.19. The standard InChI is InChI=1S/C13H23NO5.C3H9N/c1-2-3-4-5-6-7-12(17)19-13(18)10(14)8-9-11(15)16;1-4(2)3/h10H,2-9,14H2,1H3,(H,15,16);1-3H3. The summed E-state index contributed by atoms with van der Waals surface area (Å²) in [7, 11) is 6.00. The van der Waals surface area contributed by atoms with Crippen molar-refractivity contribution in [3.63, 3.8) is 0 Å². The average Bonchev–Trinajstić information content (AvgIpc) is 2.43. The summed E-state index contributed by atoms with van der Waals surface area (Å²) in [5.74, 6) is -2.47. The summed E-state index contributed by atoms with van der Waals surface area (Å²) < 4.78 is 4.56. The number of nitrogens with zero attached hydrogens (tertiary/aromatic N) is 1. The molecule has 7 nitrogen and oxygen atoms in total. The summed E-state index contributed by atoms with van der Waals surface area (Å²) in [6.45, 7) is 2.10. The Morgan fingerprint density at radius 1 is 1.04 bits per heavy atom. The fourth-order valence-corrected chi connectivity index (χ4v) is 1.51. The molecule has 0 saturated heterocycles. The van der Waals surface area contributed by atoms with Gasteiger partial charge >= 0.3 is 17.9 Å². The van der Waals surface area contributed by atoms with Crippen molar-refractivity contribution in [2.45, 2.75) is 64.3 Å². The lowest BCUT2D eigenvalue weighted by Gasteiger charge is -2.08. The highest BCUT2D eigenvalue weighted by atomic mass is 16.6. The molecule has 0 heterocycles. The molecule has 0 aliphatic rings. The largest absolute Gasteiger partial charge is 0.481 e. The maximum Gasteiger partial charge on any atom is 0.330 e. The van der Waals surface area contributed by atoms with Crippen molar-refractivity contribution >= 4 is 17.9 Å². The first-order chi connectivity index (χ1) is 10.7. The van der Waals surface area contributed by atoms with Crippen LogP contribution in [0.15, 0.2) is 0 Å². The molecule has 3 N–H and O–H groups in total. The topological polar surface area (TPSA) is 110 Å². The van der Waals surface area contributed by atoms with Crippen LogP contribution in [0.4, 0.5) is 0 Å². The first-order valence-electron chi connectivity index (χ1n) is 8.03. The van der Waals surface area contributed by atoms with Gasteiger partial charge in [0.25, 0.3) is 0 Å². The molecule has 0 rings (SSSR count). The molecule has 0 amide bonds. The molecule has 0 aliphatic heterocycles. The third-order valence-corrected chi connectivity index (χ3v) is 2.67. The van der Waals surface area contributed by atoms with E-state index in [9.17, 15) is 14.4 Å². The van der Waals surface area contributed by atoms with Crippen molar-refractivity contribution in [3.05, 3.63) is 0 Å². The summed E-state index contributed by atoms with van der Waals surface area (Å²) in [5, 5.41) is 8.44. The molecule has 0 aromatic heterocycles. The highest BCUT2D eigenvalue weighted by Crippen LogP contribution is 2.06. The molecule has 7 heteroatoms. The summed E-state index contributed by atoms with van der Waals surface area (Å²) in [5.41, 5.74) is 5.42. The number of nitrogens with two attached hydrogens (primary N) is 1. The Hall–Kier alpha value is -1.47. The van der Waals surface area contributed by atoms with Crippen molar-refractivity contribution in [3.8, 4) is 0 Å². The van der Waals surface area contributed by atoms with E-state index in [4.69, 9.17) is 10.8 Å². The molecule has 1 atom stereocenters. The average molecular weight is 332 g/mol. The third kappa shape index (κ3) is 20.5. The molecule has 0 bridgehead atoms. The van der Waals surface area contributed by atoms with Gasteiger partial charge in [-0.25, -0.2) is 4.79 Å². The second-order valence-electron chi connectivity index (χ2n) is 5.84. The number of carboxylic acid groups (broad SMARTS) is 1. The van der Waals surface area contributed by atoms with Crippen LogP contribution in [0.2, 0.25) is 0 Å². The monoisotopic (exact) mass is 332 g/mol. The summed E-state index contributed by atoms with van der Waals surface area (Å²) in [4.78, 5) is 35.0. The van der Waals surface area contributed by atoms with Crippen LogP contribution in [0.1, 0.15) is 58.3 Å². The van der Waals surface area contributed by atoms with Crippen LogP contribution < -0.4 is 5.73 Å². The van der Waals surface area contributed by atoms with E-state index in [1.807, 2.05) is 26.0 Å². The smallest absolute Gasteiger partial charge is 0.330 e. The van der Waals surface area contributed by atoms with Gasteiger partial charge in [0.05, 0.1) is 0 Å². The number of carboxylic acids is 1. The summed E-state index contributed by atoms with van der Waals surface area (Å²) >= 11 is 0. The fourth-order valence-electron chi connectivity index (χ4n) is 1.51. The van der Waals surface area contributed by atoms with Crippen LogP contribution in [-0.2, 0) is 19.1 Å². The van der Waals surface area contributed by atoms with E-state index in [2.05, 4.69) is 11.7 Å². The maximum atomic E-state index is 11.3. The van der Waals surface area contributed by atoms with Crippen molar-refractivity contribution in [1.82, 2.24) is 4.90 Å². The number of rotatable bonds is 10. The second kappa shape index (κ2) is 15.4.